The van der Waals surface area contributed by atoms with Gasteiger partial charge in [0.1, 0.15) is 0 Å². The molecule has 4 heteroatoms. The van der Waals surface area contributed by atoms with Gasteiger partial charge in [-0.2, -0.15) is 0 Å². The minimum absolute atomic E-state index is 0.268. The third-order valence-corrected chi connectivity index (χ3v) is 15.0. The number of hydrogen-bond acceptors (Lipinski definition) is 2. The van der Waals surface area contributed by atoms with E-state index >= 15 is 0 Å². The molecule has 0 bridgehead atoms. The van der Waals surface area contributed by atoms with Crippen LogP contribution in [0.4, 0.5) is 0 Å². The molecule has 0 aromatic heterocycles. The Labute approximate surface area is 147 Å². The predicted molar refractivity (Wildman–Crippen MR) is 107 cm³/mol. The normalized spacial score (nSPS) is 24.6. The Morgan fingerprint density at radius 1 is 0.696 bits per heavy atom. The summed E-state index contributed by atoms with van der Waals surface area (Å²) >= 11 is 0. The molecule has 0 fully saturated rings. The Kier molecular flexibility index (Phi) is 6.57. The first-order valence-electron chi connectivity index (χ1n) is 9.20. The van der Waals surface area contributed by atoms with Gasteiger partial charge in [-0.1, -0.05) is 53.7 Å². The van der Waals surface area contributed by atoms with Gasteiger partial charge in [-0.25, -0.2) is 0 Å². The van der Waals surface area contributed by atoms with Crippen LogP contribution in [-0.2, 0) is 8.85 Å². The summed E-state index contributed by atoms with van der Waals surface area (Å²) in [6, 6.07) is 0. The first-order chi connectivity index (χ1) is 10.2. The van der Waals surface area contributed by atoms with Crippen molar-refractivity contribution in [3.8, 4) is 0 Å². The lowest BCUT2D eigenvalue weighted by Crippen LogP contribution is -2.43. The van der Waals surface area contributed by atoms with Gasteiger partial charge in [-0.15, -0.1) is 0 Å². The maximum atomic E-state index is 6.58. The highest BCUT2D eigenvalue weighted by molar-refractivity contribution is 6.74. The minimum atomic E-state index is -1.70. The molecule has 0 saturated carbocycles. The molecule has 2 atom stereocenters. The van der Waals surface area contributed by atoms with Crippen LogP contribution in [0.1, 0.15) is 60.8 Å². The second-order valence-corrected chi connectivity index (χ2v) is 19.7. The van der Waals surface area contributed by atoms with E-state index in [-0.39, 0.29) is 22.3 Å². The Bertz CT molecular complexity index is 376. The number of rotatable bonds is 4. The van der Waals surface area contributed by atoms with Crippen LogP contribution >= 0.6 is 0 Å². The zero-order valence-electron chi connectivity index (χ0n) is 17.2. The van der Waals surface area contributed by atoms with Crippen molar-refractivity contribution in [2.45, 2.75) is 109 Å². The molecule has 0 aromatic rings. The van der Waals surface area contributed by atoms with Gasteiger partial charge in [0, 0.05) is 0 Å². The van der Waals surface area contributed by atoms with Crippen molar-refractivity contribution in [1.82, 2.24) is 0 Å². The van der Waals surface area contributed by atoms with Crippen LogP contribution in [0.25, 0.3) is 0 Å². The summed E-state index contributed by atoms with van der Waals surface area (Å²) in [6.45, 7) is 23.2. The molecule has 0 radical (unpaired) electrons. The Balaban J connectivity index is 2.73. The second-order valence-electron chi connectivity index (χ2n) is 10.1. The molecule has 0 amide bonds. The van der Waals surface area contributed by atoms with E-state index in [0.717, 1.165) is 12.8 Å². The highest BCUT2D eigenvalue weighted by Crippen LogP contribution is 2.40. The lowest BCUT2D eigenvalue weighted by molar-refractivity contribution is 0.200. The maximum absolute atomic E-state index is 6.58. The van der Waals surface area contributed by atoms with Gasteiger partial charge in [-0.05, 0) is 55.5 Å². The molecule has 1 aliphatic rings. The highest BCUT2D eigenvalue weighted by atomic mass is 28.4. The van der Waals surface area contributed by atoms with Crippen molar-refractivity contribution in [3.05, 3.63) is 12.2 Å². The molecule has 1 rings (SSSR count). The van der Waals surface area contributed by atoms with Gasteiger partial charge >= 0.3 is 0 Å². The van der Waals surface area contributed by atoms with E-state index in [1.54, 1.807) is 0 Å². The van der Waals surface area contributed by atoms with Crippen molar-refractivity contribution < 1.29 is 8.85 Å². The zero-order chi connectivity index (χ0) is 18.1. The van der Waals surface area contributed by atoms with Crippen LogP contribution in [0, 0.1) is 0 Å². The molecule has 0 N–H and O–H groups in total. The first kappa shape index (κ1) is 21.1. The average Bonchev–Trinajstić information content (AvgIpc) is 2.51. The summed E-state index contributed by atoms with van der Waals surface area (Å²) in [5, 5.41) is 0.536. The Hall–Kier alpha value is 0.0938. The largest absolute Gasteiger partial charge is 0.411 e. The van der Waals surface area contributed by atoms with E-state index in [0.29, 0.717) is 0 Å². The van der Waals surface area contributed by atoms with Crippen LogP contribution < -0.4 is 0 Å². The Morgan fingerprint density at radius 3 is 1.26 bits per heavy atom. The van der Waals surface area contributed by atoms with Gasteiger partial charge in [-0.3, -0.25) is 0 Å². The van der Waals surface area contributed by atoms with Gasteiger partial charge in [0.25, 0.3) is 0 Å². The fourth-order valence-corrected chi connectivity index (χ4v) is 4.88. The van der Waals surface area contributed by atoms with Crippen molar-refractivity contribution in [1.29, 1.82) is 0 Å². The van der Waals surface area contributed by atoms with Gasteiger partial charge < -0.3 is 8.85 Å². The lowest BCUT2D eigenvalue weighted by atomic mass is 10.2. The molecule has 0 aromatic carbocycles. The van der Waals surface area contributed by atoms with E-state index in [2.05, 4.69) is 79.9 Å². The quantitative estimate of drug-likeness (QED) is 0.422. The second kappa shape index (κ2) is 7.14. The van der Waals surface area contributed by atoms with Crippen molar-refractivity contribution in [2.75, 3.05) is 0 Å². The fourth-order valence-electron chi connectivity index (χ4n) is 2.27. The summed E-state index contributed by atoms with van der Waals surface area (Å²) in [5.41, 5.74) is 0. The molecular weight excluding hydrogens is 316 g/mol. The zero-order valence-corrected chi connectivity index (χ0v) is 19.2. The minimum Gasteiger partial charge on any atom is -0.411 e. The maximum Gasteiger partial charge on any atom is 0.192 e. The molecular formula is C19H40O2Si2. The topological polar surface area (TPSA) is 18.5 Å². The van der Waals surface area contributed by atoms with Gasteiger partial charge in [0.2, 0.25) is 0 Å². The molecule has 0 unspecified atom stereocenters. The fraction of sp³-hybridized carbons (Fsp3) is 0.895. The van der Waals surface area contributed by atoms with Gasteiger partial charge in [0.15, 0.2) is 16.6 Å². The van der Waals surface area contributed by atoms with E-state index in [1.807, 2.05) is 0 Å². The monoisotopic (exact) mass is 356 g/mol. The molecule has 0 saturated heterocycles. The van der Waals surface area contributed by atoms with E-state index in [9.17, 15) is 0 Å². The molecule has 136 valence electrons. The standard InChI is InChI=1S/C19H40O2Si2/c1-18(2,3)22(7,8)20-16-12-11-13-17(15-14-16)21-23(9,10)19(4,5)6/h14-17H,11-13H2,1-10H3/t16-,17+. The third-order valence-electron chi connectivity index (χ3n) is 6.02. The third kappa shape index (κ3) is 5.84. The molecule has 2 nitrogen and oxygen atoms in total. The number of hydrogen-bond donors (Lipinski definition) is 0. The molecule has 0 aliphatic heterocycles. The SMILES string of the molecule is CC(C)(C)[Si](C)(C)O[C@@H]1C=C[C@H](O[Si](C)(C)C(C)(C)C)CCC1. The van der Waals surface area contributed by atoms with Crippen LogP contribution in [-0.4, -0.2) is 28.8 Å². The first-order valence-corrected chi connectivity index (χ1v) is 15.0. The molecule has 0 spiro atoms. The summed E-state index contributed by atoms with van der Waals surface area (Å²) in [6.07, 6.45) is 8.54. The molecule has 23 heavy (non-hydrogen) atoms. The summed E-state index contributed by atoms with van der Waals surface area (Å²) < 4.78 is 13.2. The van der Waals surface area contributed by atoms with Crippen LogP contribution in [0.5, 0.6) is 0 Å². The van der Waals surface area contributed by atoms with E-state index in [4.69, 9.17) is 8.85 Å². The van der Waals surface area contributed by atoms with Crippen LogP contribution in [0.2, 0.25) is 36.3 Å². The highest BCUT2D eigenvalue weighted by Gasteiger charge is 2.40. The predicted octanol–water partition coefficient (Wildman–Crippen LogP) is 6.51. The lowest BCUT2D eigenvalue weighted by Gasteiger charge is -2.38. The van der Waals surface area contributed by atoms with E-state index < -0.39 is 16.6 Å². The summed E-state index contributed by atoms with van der Waals surface area (Å²) in [4.78, 5) is 0. The van der Waals surface area contributed by atoms with Crippen LogP contribution in [0.3, 0.4) is 0 Å². The average molecular weight is 357 g/mol. The van der Waals surface area contributed by atoms with Crippen molar-refractivity contribution in [3.63, 3.8) is 0 Å². The van der Waals surface area contributed by atoms with E-state index in [1.165, 1.54) is 6.42 Å². The smallest absolute Gasteiger partial charge is 0.192 e. The molecule has 0 heterocycles. The van der Waals surface area contributed by atoms with Crippen molar-refractivity contribution >= 4 is 16.6 Å². The molecule has 1 aliphatic carbocycles. The van der Waals surface area contributed by atoms with Gasteiger partial charge in [0.05, 0.1) is 12.2 Å². The van der Waals surface area contributed by atoms with Crippen molar-refractivity contribution in [2.24, 2.45) is 0 Å². The van der Waals surface area contributed by atoms with Crippen LogP contribution in [0.15, 0.2) is 12.2 Å². The summed E-state index contributed by atoms with van der Waals surface area (Å²) in [5.74, 6) is 0. The summed E-state index contributed by atoms with van der Waals surface area (Å²) in [7, 11) is -3.39. The Morgan fingerprint density at radius 2 is 1.00 bits per heavy atom.